The van der Waals surface area contributed by atoms with E-state index in [9.17, 15) is 19.2 Å². The first-order valence-electron chi connectivity index (χ1n) is 10.6. The minimum Gasteiger partial charge on any atom is -0.353 e. The van der Waals surface area contributed by atoms with Gasteiger partial charge in [0.05, 0.1) is 11.3 Å². The molecule has 2 fully saturated rings. The van der Waals surface area contributed by atoms with Crippen LogP contribution in [0.3, 0.4) is 0 Å². The van der Waals surface area contributed by atoms with Crippen LogP contribution in [0, 0.1) is 5.92 Å². The molecule has 1 saturated carbocycles. The zero-order chi connectivity index (χ0) is 21.7. The molecule has 2 aliphatic rings. The Morgan fingerprint density at radius 1 is 1.13 bits per heavy atom. The van der Waals surface area contributed by atoms with Crippen molar-refractivity contribution < 1.29 is 19.2 Å². The largest absolute Gasteiger partial charge is 0.353 e. The van der Waals surface area contributed by atoms with Crippen LogP contribution in [0.4, 0.5) is 10.5 Å². The highest BCUT2D eigenvalue weighted by atomic mass is 16.2. The zero-order valence-electron chi connectivity index (χ0n) is 17.6. The van der Waals surface area contributed by atoms with Crippen molar-refractivity contribution in [2.75, 3.05) is 11.4 Å². The van der Waals surface area contributed by atoms with Crippen molar-refractivity contribution in [1.29, 1.82) is 0 Å². The number of para-hydroxylation sites is 1. The minimum absolute atomic E-state index is 0.0299. The van der Waals surface area contributed by atoms with Crippen molar-refractivity contribution in [3.8, 4) is 0 Å². The van der Waals surface area contributed by atoms with Gasteiger partial charge in [-0.25, -0.2) is 4.79 Å². The highest BCUT2D eigenvalue weighted by Gasteiger charge is 2.30. The number of carbonyl (C=O) groups excluding carboxylic acids is 4. The fourth-order valence-corrected chi connectivity index (χ4v) is 3.92. The SMILES string of the molecule is CC(C)CCC(=O)N[C@@H]1CC[C@H](NC(=O)c2ccccc2N2CCC(=O)NC2=O)C1. The Morgan fingerprint density at radius 3 is 2.53 bits per heavy atom. The smallest absolute Gasteiger partial charge is 0.328 e. The molecule has 8 nitrogen and oxygen atoms in total. The van der Waals surface area contributed by atoms with Gasteiger partial charge < -0.3 is 10.6 Å². The number of nitrogens with zero attached hydrogens (tertiary/aromatic N) is 1. The van der Waals surface area contributed by atoms with Crippen LogP contribution < -0.4 is 20.9 Å². The van der Waals surface area contributed by atoms with E-state index in [1.807, 2.05) is 0 Å². The van der Waals surface area contributed by atoms with Crippen LogP contribution in [0.25, 0.3) is 0 Å². The number of anilines is 1. The lowest BCUT2D eigenvalue weighted by atomic mass is 10.1. The standard InChI is InChI=1S/C22H30N4O4/c1-14(2)7-10-19(27)23-15-8-9-16(13-15)24-21(29)17-5-3-4-6-18(17)26-12-11-20(28)25-22(26)30/h3-6,14-16H,7-13H2,1-2H3,(H,23,27)(H,24,29)(H,25,28,30)/t15-,16+/m1/s1. The van der Waals surface area contributed by atoms with Crippen LogP contribution in [-0.4, -0.2) is 42.4 Å². The first kappa shape index (κ1) is 21.8. The Labute approximate surface area is 176 Å². The lowest BCUT2D eigenvalue weighted by Crippen LogP contribution is -2.50. The fourth-order valence-electron chi connectivity index (χ4n) is 3.92. The van der Waals surface area contributed by atoms with Crippen molar-refractivity contribution in [2.24, 2.45) is 5.92 Å². The van der Waals surface area contributed by atoms with E-state index in [4.69, 9.17) is 0 Å². The number of imide groups is 1. The lowest BCUT2D eigenvalue weighted by molar-refractivity contribution is -0.122. The van der Waals surface area contributed by atoms with Crippen molar-refractivity contribution in [3.05, 3.63) is 29.8 Å². The normalized spacial score (nSPS) is 21.5. The fraction of sp³-hybridized carbons (Fsp3) is 0.545. The molecule has 0 spiro atoms. The molecule has 2 atom stereocenters. The van der Waals surface area contributed by atoms with Crippen molar-refractivity contribution in [1.82, 2.24) is 16.0 Å². The van der Waals surface area contributed by atoms with E-state index in [-0.39, 0.29) is 42.8 Å². The number of benzene rings is 1. The van der Waals surface area contributed by atoms with Crippen molar-refractivity contribution in [2.45, 2.75) is 64.5 Å². The summed E-state index contributed by atoms with van der Waals surface area (Å²) in [7, 11) is 0. The maximum Gasteiger partial charge on any atom is 0.328 e. The molecule has 30 heavy (non-hydrogen) atoms. The average Bonchev–Trinajstić information content (AvgIpc) is 3.13. The Morgan fingerprint density at radius 2 is 1.83 bits per heavy atom. The predicted octanol–water partition coefficient (Wildman–Crippen LogP) is 2.34. The van der Waals surface area contributed by atoms with Gasteiger partial charge in [-0.3, -0.25) is 24.6 Å². The molecule has 0 bridgehead atoms. The Kier molecular flexibility index (Phi) is 7.07. The molecule has 1 aromatic rings. The molecule has 5 amide bonds. The van der Waals surface area contributed by atoms with E-state index in [1.54, 1.807) is 24.3 Å². The number of rotatable bonds is 7. The number of hydrogen-bond donors (Lipinski definition) is 3. The molecular formula is C22H30N4O4. The van der Waals surface area contributed by atoms with E-state index < -0.39 is 6.03 Å². The summed E-state index contributed by atoms with van der Waals surface area (Å²) in [5, 5.41) is 8.39. The van der Waals surface area contributed by atoms with Crippen LogP contribution >= 0.6 is 0 Å². The summed E-state index contributed by atoms with van der Waals surface area (Å²) in [5.41, 5.74) is 0.878. The number of urea groups is 1. The van der Waals surface area contributed by atoms with Crippen LogP contribution in [0.5, 0.6) is 0 Å². The molecule has 1 heterocycles. The summed E-state index contributed by atoms with van der Waals surface area (Å²) in [6, 6.07) is 6.41. The zero-order valence-corrected chi connectivity index (χ0v) is 17.6. The molecule has 1 aliphatic carbocycles. The lowest BCUT2D eigenvalue weighted by Gasteiger charge is -2.28. The average molecular weight is 415 g/mol. The topological polar surface area (TPSA) is 108 Å². The van der Waals surface area contributed by atoms with Gasteiger partial charge in [-0.05, 0) is 43.7 Å². The Bertz CT molecular complexity index is 823. The quantitative estimate of drug-likeness (QED) is 0.636. The van der Waals surface area contributed by atoms with Gasteiger partial charge in [-0.1, -0.05) is 26.0 Å². The summed E-state index contributed by atoms with van der Waals surface area (Å²) < 4.78 is 0. The first-order chi connectivity index (χ1) is 14.3. The van der Waals surface area contributed by atoms with Crippen LogP contribution in [0.1, 0.15) is 62.7 Å². The van der Waals surface area contributed by atoms with Gasteiger partial charge in [-0.2, -0.15) is 0 Å². The van der Waals surface area contributed by atoms with Crippen LogP contribution in [0.15, 0.2) is 24.3 Å². The maximum absolute atomic E-state index is 12.9. The molecule has 0 radical (unpaired) electrons. The Balaban J connectivity index is 1.58. The molecule has 3 N–H and O–H groups in total. The molecule has 1 aromatic carbocycles. The summed E-state index contributed by atoms with van der Waals surface area (Å²) >= 11 is 0. The third-order valence-electron chi connectivity index (χ3n) is 5.58. The highest BCUT2D eigenvalue weighted by Crippen LogP contribution is 2.24. The first-order valence-corrected chi connectivity index (χ1v) is 10.6. The molecule has 8 heteroatoms. The van der Waals surface area contributed by atoms with Gasteiger partial charge >= 0.3 is 6.03 Å². The van der Waals surface area contributed by atoms with Gasteiger partial charge in [0.25, 0.3) is 5.91 Å². The second-order valence-electron chi connectivity index (χ2n) is 8.45. The second kappa shape index (κ2) is 9.73. The van der Waals surface area contributed by atoms with Gasteiger partial charge in [-0.15, -0.1) is 0 Å². The van der Waals surface area contributed by atoms with Gasteiger partial charge in [0, 0.05) is 31.5 Å². The van der Waals surface area contributed by atoms with Crippen LogP contribution in [-0.2, 0) is 9.59 Å². The summed E-state index contributed by atoms with van der Waals surface area (Å²) in [6.45, 7) is 4.43. The molecule has 1 aliphatic heterocycles. The summed E-state index contributed by atoms with van der Waals surface area (Å²) in [4.78, 5) is 50.0. The Hall–Kier alpha value is -2.90. The molecule has 0 aromatic heterocycles. The minimum atomic E-state index is -0.517. The van der Waals surface area contributed by atoms with Gasteiger partial charge in [0.2, 0.25) is 11.8 Å². The number of nitrogens with one attached hydrogen (secondary N) is 3. The third-order valence-corrected chi connectivity index (χ3v) is 5.58. The van der Waals surface area contributed by atoms with Crippen molar-refractivity contribution in [3.63, 3.8) is 0 Å². The van der Waals surface area contributed by atoms with E-state index in [2.05, 4.69) is 29.8 Å². The second-order valence-corrected chi connectivity index (χ2v) is 8.45. The predicted molar refractivity (Wildman–Crippen MR) is 113 cm³/mol. The maximum atomic E-state index is 12.9. The van der Waals surface area contributed by atoms with E-state index in [1.165, 1.54) is 4.90 Å². The molecule has 0 unspecified atom stereocenters. The molecular weight excluding hydrogens is 384 g/mol. The van der Waals surface area contributed by atoms with E-state index in [0.717, 1.165) is 19.3 Å². The molecule has 3 rings (SSSR count). The number of hydrogen-bond acceptors (Lipinski definition) is 4. The van der Waals surface area contributed by atoms with Crippen molar-refractivity contribution >= 4 is 29.4 Å². The molecule has 1 saturated heterocycles. The third kappa shape index (κ3) is 5.58. The summed E-state index contributed by atoms with van der Waals surface area (Å²) in [6.07, 6.45) is 3.91. The van der Waals surface area contributed by atoms with Gasteiger partial charge in [0.1, 0.15) is 0 Å². The van der Waals surface area contributed by atoms with E-state index >= 15 is 0 Å². The van der Waals surface area contributed by atoms with Crippen LogP contribution in [0.2, 0.25) is 0 Å². The van der Waals surface area contributed by atoms with E-state index in [0.29, 0.717) is 30.0 Å². The number of carbonyl (C=O) groups is 4. The van der Waals surface area contributed by atoms with Gasteiger partial charge in [0.15, 0.2) is 0 Å². The monoisotopic (exact) mass is 414 g/mol. The molecule has 162 valence electrons. The highest BCUT2D eigenvalue weighted by molar-refractivity contribution is 6.09. The number of amides is 5. The summed E-state index contributed by atoms with van der Waals surface area (Å²) in [5.74, 6) is -0.0130.